The average molecular weight is 303 g/mol. The standard InChI is InChI=1S/C17H21NO4/c1-8-6-7-9(2)14-13(8)11(4)15(22-14)16(19)18-12(5)10(3)17(20)21/h6-7,10,12H,1-5H3,(H,18,19)(H,20,21). The van der Waals surface area contributed by atoms with E-state index in [1.165, 1.54) is 0 Å². The van der Waals surface area contributed by atoms with Gasteiger partial charge in [0, 0.05) is 17.0 Å². The van der Waals surface area contributed by atoms with E-state index in [1.54, 1.807) is 13.8 Å². The van der Waals surface area contributed by atoms with Gasteiger partial charge in [0.15, 0.2) is 5.76 Å². The van der Waals surface area contributed by atoms with Gasteiger partial charge in [0.05, 0.1) is 5.92 Å². The summed E-state index contributed by atoms with van der Waals surface area (Å²) in [7, 11) is 0. The number of carbonyl (C=O) groups is 2. The van der Waals surface area contributed by atoms with Crippen LogP contribution in [0.2, 0.25) is 0 Å². The highest BCUT2D eigenvalue weighted by molar-refractivity contribution is 6.00. The number of nitrogens with one attached hydrogen (secondary N) is 1. The first-order valence-corrected chi connectivity index (χ1v) is 7.27. The first-order chi connectivity index (χ1) is 10.2. The maximum atomic E-state index is 12.4. The molecule has 118 valence electrons. The van der Waals surface area contributed by atoms with Crippen LogP contribution in [0.15, 0.2) is 16.5 Å². The molecule has 0 aliphatic rings. The normalized spacial score (nSPS) is 13.9. The molecule has 2 unspecified atom stereocenters. The van der Waals surface area contributed by atoms with E-state index in [-0.39, 0.29) is 11.7 Å². The van der Waals surface area contributed by atoms with Crippen LogP contribution in [0.4, 0.5) is 0 Å². The summed E-state index contributed by atoms with van der Waals surface area (Å²) >= 11 is 0. The van der Waals surface area contributed by atoms with Crippen molar-refractivity contribution < 1.29 is 19.1 Å². The molecule has 2 N–H and O–H groups in total. The molecule has 1 aromatic carbocycles. The Kier molecular flexibility index (Phi) is 4.26. The Morgan fingerprint density at radius 2 is 1.73 bits per heavy atom. The minimum atomic E-state index is -0.944. The quantitative estimate of drug-likeness (QED) is 0.909. The van der Waals surface area contributed by atoms with Gasteiger partial charge in [-0.25, -0.2) is 0 Å². The van der Waals surface area contributed by atoms with Gasteiger partial charge in [0.2, 0.25) is 0 Å². The van der Waals surface area contributed by atoms with Crippen molar-refractivity contribution in [1.82, 2.24) is 5.32 Å². The fourth-order valence-electron chi connectivity index (χ4n) is 2.50. The van der Waals surface area contributed by atoms with E-state index < -0.39 is 17.9 Å². The van der Waals surface area contributed by atoms with Crippen LogP contribution < -0.4 is 5.32 Å². The summed E-state index contributed by atoms with van der Waals surface area (Å²) in [5.74, 6) is -1.75. The molecule has 0 radical (unpaired) electrons. The number of hydrogen-bond donors (Lipinski definition) is 2. The summed E-state index contributed by atoms with van der Waals surface area (Å²) in [5.41, 5.74) is 3.51. The topological polar surface area (TPSA) is 79.5 Å². The molecule has 0 saturated heterocycles. The number of benzene rings is 1. The maximum Gasteiger partial charge on any atom is 0.308 e. The van der Waals surface area contributed by atoms with Crippen molar-refractivity contribution in [3.63, 3.8) is 0 Å². The number of carboxylic acid groups (broad SMARTS) is 1. The zero-order valence-electron chi connectivity index (χ0n) is 13.5. The monoisotopic (exact) mass is 303 g/mol. The van der Waals surface area contributed by atoms with Crippen molar-refractivity contribution in [1.29, 1.82) is 0 Å². The Labute approximate surface area is 129 Å². The van der Waals surface area contributed by atoms with E-state index in [0.717, 1.165) is 22.1 Å². The number of fused-ring (bicyclic) bond motifs is 1. The van der Waals surface area contributed by atoms with Gasteiger partial charge < -0.3 is 14.8 Å². The third-order valence-electron chi connectivity index (χ3n) is 4.19. The van der Waals surface area contributed by atoms with Crippen molar-refractivity contribution >= 4 is 22.8 Å². The summed E-state index contributed by atoms with van der Waals surface area (Å²) in [6, 6.07) is 3.47. The van der Waals surface area contributed by atoms with Gasteiger partial charge in [0.25, 0.3) is 5.91 Å². The predicted octanol–water partition coefficient (Wildman–Crippen LogP) is 3.20. The van der Waals surface area contributed by atoms with Gasteiger partial charge in [-0.05, 0) is 45.7 Å². The van der Waals surface area contributed by atoms with Crippen LogP contribution in [0, 0.1) is 26.7 Å². The molecule has 5 heteroatoms. The molecule has 0 saturated carbocycles. The largest absolute Gasteiger partial charge is 0.481 e. The Morgan fingerprint density at radius 3 is 2.27 bits per heavy atom. The highest BCUT2D eigenvalue weighted by Gasteiger charge is 2.25. The predicted molar refractivity (Wildman–Crippen MR) is 84.2 cm³/mol. The second kappa shape index (κ2) is 5.83. The molecule has 22 heavy (non-hydrogen) atoms. The average Bonchev–Trinajstić information content (AvgIpc) is 2.81. The molecule has 2 atom stereocenters. The van der Waals surface area contributed by atoms with E-state index in [1.807, 2.05) is 32.9 Å². The molecular weight excluding hydrogens is 282 g/mol. The molecule has 0 fully saturated rings. The summed E-state index contributed by atoms with van der Waals surface area (Å²) in [6.07, 6.45) is 0. The smallest absolute Gasteiger partial charge is 0.308 e. The maximum absolute atomic E-state index is 12.4. The van der Waals surface area contributed by atoms with Crippen LogP contribution in [0.1, 0.15) is 41.1 Å². The van der Waals surface area contributed by atoms with Crippen molar-refractivity contribution in [2.24, 2.45) is 5.92 Å². The van der Waals surface area contributed by atoms with E-state index in [2.05, 4.69) is 5.32 Å². The zero-order chi connectivity index (χ0) is 16.6. The fourth-order valence-corrected chi connectivity index (χ4v) is 2.50. The number of aliphatic carboxylic acids is 1. The lowest BCUT2D eigenvalue weighted by Crippen LogP contribution is -2.40. The molecule has 0 aliphatic heterocycles. The Bertz CT molecular complexity index is 745. The molecule has 2 rings (SSSR count). The Morgan fingerprint density at radius 1 is 1.14 bits per heavy atom. The number of aryl methyl sites for hydroxylation is 3. The van der Waals surface area contributed by atoms with Crippen LogP contribution in [0.5, 0.6) is 0 Å². The third-order valence-corrected chi connectivity index (χ3v) is 4.19. The van der Waals surface area contributed by atoms with Crippen LogP contribution in [-0.2, 0) is 4.79 Å². The fraction of sp³-hybridized carbons (Fsp3) is 0.412. The van der Waals surface area contributed by atoms with E-state index in [4.69, 9.17) is 9.52 Å². The van der Waals surface area contributed by atoms with Gasteiger partial charge in [0.1, 0.15) is 5.58 Å². The molecule has 0 spiro atoms. The van der Waals surface area contributed by atoms with Gasteiger partial charge in [-0.15, -0.1) is 0 Å². The molecule has 5 nitrogen and oxygen atoms in total. The zero-order valence-corrected chi connectivity index (χ0v) is 13.5. The molecule has 1 aromatic heterocycles. The highest BCUT2D eigenvalue weighted by atomic mass is 16.4. The minimum absolute atomic E-state index is 0.247. The van der Waals surface area contributed by atoms with E-state index in [9.17, 15) is 9.59 Å². The summed E-state index contributed by atoms with van der Waals surface area (Å²) < 4.78 is 5.75. The molecule has 1 amide bonds. The lowest BCUT2D eigenvalue weighted by Gasteiger charge is -2.17. The third kappa shape index (κ3) is 2.71. The Balaban J connectivity index is 2.37. The van der Waals surface area contributed by atoms with E-state index >= 15 is 0 Å². The molecule has 2 aromatic rings. The molecule has 1 heterocycles. The first kappa shape index (κ1) is 16.1. The summed E-state index contributed by atoms with van der Waals surface area (Å²) in [4.78, 5) is 23.4. The van der Waals surface area contributed by atoms with Crippen LogP contribution in [0.3, 0.4) is 0 Å². The number of furan rings is 1. The minimum Gasteiger partial charge on any atom is -0.481 e. The second-order valence-corrected chi connectivity index (χ2v) is 5.85. The van der Waals surface area contributed by atoms with Gasteiger partial charge in [-0.2, -0.15) is 0 Å². The second-order valence-electron chi connectivity index (χ2n) is 5.85. The number of carbonyl (C=O) groups excluding carboxylic acids is 1. The van der Waals surface area contributed by atoms with Crippen molar-refractivity contribution in [2.75, 3.05) is 0 Å². The molecular formula is C17H21NO4. The number of amides is 1. The Hall–Kier alpha value is -2.30. The van der Waals surface area contributed by atoms with Crippen LogP contribution in [-0.4, -0.2) is 23.0 Å². The van der Waals surface area contributed by atoms with Crippen molar-refractivity contribution in [3.05, 3.63) is 34.6 Å². The van der Waals surface area contributed by atoms with Gasteiger partial charge in [-0.3, -0.25) is 9.59 Å². The lowest BCUT2D eigenvalue weighted by atomic mass is 10.0. The van der Waals surface area contributed by atoms with Crippen molar-refractivity contribution in [3.8, 4) is 0 Å². The molecule has 0 aliphatic carbocycles. The van der Waals surface area contributed by atoms with Gasteiger partial charge >= 0.3 is 5.97 Å². The van der Waals surface area contributed by atoms with Crippen molar-refractivity contribution in [2.45, 2.75) is 40.7 Å². The number of rotatable bonds is 4. The SMILES string of the molecule is Cc1ccc(C)c2c(C)c(C(=O)NC(C)C(C)C(=O)O)oc12. The molecule has 0 bridgehead atoms. The summed E-state index contributed by atoms with van der Waals surface area (Å²) in [6.45, 7) is 8.99. The van der Waals surface area contributed by atoms with E-state index in [0.29, 0.717) is 5.58 Å². The number of hydrogen-bond acceptors (Lipinski definition) is 3. The number of carboxylic acids is 1. The summed E-state index contributed by atoms with van der Waals surface area (Å²) in [5, 5.41) is 12.7. The first-order valence-electron chi connectivity index (χ1n) is 7.27. The highest BCUT2D eigenvalue weighted by Crippen LogP contribution is 2.30. The lowest BCUT2D eigenvalue weighted by molar-refractivity contribution is -0.141. The van der Waals surface area contributed by atoms with Crippen LogP contribution >= 0.6 is 0 Å². The van der Waals surface area contributed by atoms with Crippen LogP contribution in [0.25, 0.3) is 11.0 Å². The van der Waals surface area contributed by atoms with Gasteiger partial charge in [-0.1, -0.05) is 12.1 Å².